The number of aromatic amines is 1. The topological polar surface area (TPSA) is 117 Å². The molecule has 0 unspecified atom stereocenters. The number of nitriles is 2. The first-order valence-corrected chi connectivity index (χ1v) is 8.20. The second-order valence-electron chi connectivity index (χ2n) is 4.94. The van der Waals surface area contributed by atoms with Crippen LogP contribution in [0.3, 0.4) is 0 Å². The van der Waals surface area contributed by atoms with Crippen LogP contribution >= 0.6 is 23.4 Å². The van der Waals surface area contributed by atoms with Gasteiger partial charge in [-0.15, -0.1) is 0 Å². The Bertz CT molecular complexity index is 922. The third-order valence-electron chi connectivity index (χ3n) is 3.16. The number of carbonyl (C=O) groups excluding carboxylic acids is 1. The average Bonchev–Trinajstić information content (AvgIpc) is 2.58. The minimum atomic E-state index is -0.598. The molecule has 0 aliphatic rings. The van der Waals surface area contributed by atoms with Crippen LogP contribution < -0.4 is 16.0 Å². The Kier molecular flexibility index (Phi) is 5.81. The number of halogens is 2. The van der Waals surface area contributed by atoms with E-state index in [1.165, 1.54) is 18.2 Å². The van der Waals surface area contributed by atoms with Gasteiger partial charge in [0, 0.05) is 5.69 Å². The van der Waals surface area contributed by atoms with Gasteiger partial charge in [-0.25, -0.2) is 9.37 Å². The van der Waals surface area contributed by atoms with Gasteiger partial charge in [0.2, 0.25) is 5.91 Å². The van der Waals surface area contributed by atoms with E-state index in [-0.39, 0.29) is 27.9 Å². The van der Waals surface area contributed by atoms with Crippen molar-refractivity contribution in [3.05, 3.63) is 46.2 Å². The van der Waals surface area contributed by atoms with Crippen LogP contribution in [-0.2, 0) is 4.79 Å². The molecular weight excluding hydrogens is 365 g/mol. The molecule has 0 saturated heterocycles. The number of amides is 1. The van der Waals surface area contributed by atoms with Crippen molar-refractivity contribution in [1.82, 2.24) is 0 Å². The molecule has 0 aliphatic carbocycles. The highest BCUT2D eigenvalue weighted by molar-refractivity contribution is 8.00. The Morgan fingerprint density at radius 1 is 1.36 bits per heavy atom. The van der Waals surface area contributed by atoms with Crippen LogP contribution in [0.1, 0.15) is 18.1 Å². The summed E-state index contributed by atoms with van der Waals surface area (Å²) in [6, 6.07) is 9.04. The lowest BCUT2D eigenvalue weighted by Gasteiger charge is -2.12. The lowest BCUT2D eigenvalue weighted by molar-refractivity contribution is -0.410. The number of rotatable bonds is 4. The molecule has 1 amide bonds. The van der Waals surface area contributed by atoms with Crippen LogP contribution in [0, 0.1) is 28.5 Å². The zero-order chi connectivity index (χ0) is 18.6. The molecule has 4 N–H and O–H groups in total. The Hall–Kier alpha value is -2.81. The van der Waals surface area contributed by atoms with Crippen molar-refractivity contribution in [1.29, 1.82) is 10.5 Å². The van der Waals surface area contributed by atoms with Gasteiger partial charge in [0.25, 0.3) is 5.82 Å². The highest BCUT2D eigenvalue weighted by atomic mass is 35.5. The van der Waals surface area contributed by atoms with Crippen molar-refractivity contribution < 1.29 is 14.2 Å². The fraction of sp³-hybridized carbons (Fsp3) is 0.125. The zero-order valence-electron chi connectivity index (χ0n) is 12.9. The van der Waals surface area contributed by atoms with Gasteiger partial charge in [0.15, 0.2) is 5.03 Å². The lowest BCUT2D eigenvalue weighted by atomic mass is 10.2. The third-order valence-corrected chi connectivity index (χ3v) is 4.58. The molecule has 0 bridgehead atoms. The predicted molar refractivity (Wildman–Crippen MR) is 92.2 cm³/mol. The highest BCUT2D eigenvalue weighted by Gasteiger charge is 2.21. The number of carbonyl (C=O) groups is 1. The average molecular weight is 377 g/mol. The molecule has 1 aromatic heterocycles. The zero-order valence-corrected chi connectivity index (χ0v) is 14.5. The molecule has 25 heavy (non-hydrogen) atoms. The molecule has 0 fully saturated rings. The van der Waals surface area contributed by atoms with Crippen LogP contribution in [0.15, 0.2) is 29.3 Å². The molecular formula is C16H12ClFN5OS+. The lowest BCUT2D eigenvalue weighted by Crippen LogP contribution is -2.25. The van der Waals surface area contributed by atoms with Gasteiger partial charge >= 0.3 is 0 Å². The highest BCUT2D eigenvalue weighted by Crippen LogP contribution is 2.26. The first kappa shape index (κ1) is 18.5. The second kappa shape index (κ2) is 7.84. The maximum atomic E-state index is 13.1. The number of nitrogens with two attached hydrogens (primary N) is 1. The summed E-state index contributed by atoms with van der Waals surface area (Å²) < 4.78 is 13.1. The maximum Gasteiger partial charge on any atom is 0.289 e. The van der Waals surface area contributed by atoms with Crippen molar-refractivity contribution in [2.24, 2.45) is 0 Å². The minimum Gasteiger partial charge on any atom is -0.325 e. The maximum absolute atomic E-state index is 13.1. The third kappa shape index (κ3) is 4.38. The summed E-state index contributed by atoms with van der Waals surface area (Å²) in [6.07, 6.45) is 0. The van der Waals surface area contributed by atoms with Crippen molar-refractivity contribution in [3.63, 3.8) is 0 Å². The molecule has 1 atom stereocenters. The van der Waals surface area contributed by atoms with Crippen LogP contribution in [0.25, 0.3) is 0 Å². The van der Waals surface area contributed by atoms with Crippen molar-refractivity contribution >= 4 is 40.8 Å². The first-order chi connectivity index (χ1) is 11.8. The van der Waals surface area contributed by atoms with E-state index in [0.29, 0.717) is 10.7 Å². The number of nitrogens with zero attached hydrogens (tertiary/aromatic N) is 2. The fourth-order valence-corrected chi connectivity index (χ4v) is 2.96. The molecule has 2 aromatic rings. The van der Waals surface area contributed by atoms with Crippen LogP contribution in [0.2, 0.25) is 5.02 Å². The number of nitrogen functional groups attached to an aromatic ring is 1. The van der Waals surface area contributed by atoms with Gasteiger partial charge in [-0.1, -0.05) is 23.4 Å². The van der Waals surface area contributed by atoms with Gasteiger partial charge < -0.3 is 5.32 Å². The number of benzene rings is 1. The van der Waals surface area contributed by atoms with Crippen LogP contribution in [0.4, 0.5) is 15.9 Å². The SMILES string of the molecule is C[C@H](Sc1[nH+]c(N)c(C#N)cc1C#N)C(=O)Nc1ccc(F)c(Cl)c1. The minimum absolute atomic E-state index is 0.0990. The Morgan fingerprint density at radius 3 is 2.64 bits per heavy atom. The summed E-state index contributed by atoms with van der Waals surface area (Å²) >= 11 is 6.76. The van der Waals surface area contributed by atoms with Crippen molar-refractivity contribution in [2.75, 3.05) is 11.1 Å². The van der Waals surface area contributed by atoms with Gasteiger partial charge in [0.05, 0.1) is 10.3 Å². The predicted octanol–water partition coefficient (Wildman–Crippen LogP) is 2.74. The summed E-state index contributed by atoms with van der Waals surface area (Å²) in [5.41, 5.74) is 6.42. The number of nitrogens with one attached hydrogen (secondary N) is 2. The number of anilines is 2. The number of H-pyrrole nitrogens is 1. The molecule has 9 heteroatoms. The number of pyridine rings is 1. The Morgan fingerprint density at radius 2 is 2.04 bits per heavy atom. The summed E-state index contributed by atoms with van der Waals surface area (Å²) in [7, 11) is 0. The molecule has 2 rings (SSSR count). The standard InChI is InChI=1S/C16H11ClFN5OS/c1-8(15(24)22-11-2-3-13(18)12(17)5-11)25-16-10(7-20)4-9(6-19)14(21)23-16/h2-5,8H,1H3,(H2,21,23)(H,22,24)/p+1/t8-/m0/s1. The van der Waals surface area contributed by atoms with Gasteiger partial charge in [-0.05, 0) is 31.2 Å². The summed E-state index contributed by atoms with van der Waals surface area (Å²) in [6.45, 7) is 1.63. The Balaban J connectivity index is 2.16. The van der Waals surface area contributed by atoms with Gasteiger partial charge in [0.1, 0.15) is 29.1 Å². The number of hydrogen-bond acceptors (Lipinski definition) is 5. The second-order valence-corrected chi connectivity index (χ2v) is 6.70. The largest absolute Gasteiger partial charge is 0.325 e. The Labute approximate surface area is 152 Å². The molecule has 0 aliphatic heterocycles. The van der Waals surface area contributed by atoms with E-state index >= 15 is 0 Å². The van der Waals surface area contributed by atoms with E-state index in [2.05, 4.69) is 10.3 Å². The molecule has 126 valence electrons. The monoisotopic (exact) mass is 376 g/mol. The number of aromatic nitrogens is 1. The van der Waals surface area contributed by atoms with Gasteiger partial charge in [-0.3, -0.25) is 10.5 Å². The molecule has 0 spiro atoms. The van der Waals surface area contributed by atoms with Crippen LogP contribution in [0.5, 0.6) is 0 Å². The van der Waals surface area contributed by atoms with E-state index in [0.717, 1.165) is 17.8 Å². The number of thioether (sulfide) groups is 1. The molecule has 0 saturated carbocycles. The molecule has 1 aromatic carbocycles. The molecule has 0 radical (unpaired) electrons. The molecule has 1 heterocycles. The van der Waals surface area contributed by atoms with E-state index in [9.17, 15) is 14.4 Å². The van der Waals surface area contributed by atoms with Gasteiger partial charge in [-0.2, -0.15) is 10.5 Å². The number of hydrogen-bond donors (Lipinski definition) is 2. The van der Waals surface area contributed by atoms with E-state index in [1.54, 1.807) is 6.92 Å². The summed E-state index contributed by atoms with van der Waals surface area (Å²) in [5, 5.41) is 20.4. The van der Waals surface area contributed by atoms with Crippen molar-refractivity contribution in [2.45, 2.75) is 17.2 Å². The fourth-order valence-electron chi connectivity index (χ4n) is 1.86. The normalized spacial score (nSPS) is 11.2. The van der Waals surface area contributed by atoms with E-state index in [4.69, 9.17) is 22.6 Å². The first-order valence-electron chi connectivity index (χ1n) is 6.94. The van der Waals surface area contributed by atoms with E-state index in [1.807, 2.05) is 12.1 Å². The summed E-state index contributed by atoms with van der Waals surface area (Å²) in [4.78, 5) is 15.0. The quantitative estimate of drug-likeness (QED) is 0.795. The smallest absolute Gasteiger partial charge is 0.289 e. The van der Waals surface area contributed by atoms with Crippen molar-refractivity contribution in [3.8, 4) is 12.1 Å². The van der Waals surface area contributed by atoms with E-state index < -0.39 is 11.1 Å². The van der Waals surface area contributed by atoms with Crippen LogP contribution in [-0.4, -0.2) is 11.2 Å². The summed E-state index contributed by atoms with van der Waals surface area (Å²) in [5.74, 6) is -0.835. The molecule has 6 nitrogen and oxygen atoms in total.